The number of unbranched alkanes of at least 4 members (excludes halogenated alkanes) is 3. The minimum Gasteiger partial charge on any atom is -0.463 e. The fourth-order valence-corrected chi connectivity index (χ4v) is 27.2. The van der Waals surface area contributed by atoms with Crippen LogP contribution in [0.4, 0.5) is 11.6 Å². The fraction of sp³-hybridized carbons (Fsp3) is 0.594. The Morgan fingerprint density at radius 2 is 0.976 bits per heavy atom. The molecule has 0 saturated carbocycles. The number of carbonyl (C=O) groups is 2. The largest absolute Gasteiger partial charge is 0.463 e. The molecule has 0 saturated heterocycles. The fourth-order valence-electron chi connectivity index (χ4n) is 10.0. The monoisotopic (exact) mass is 1370 g/mol. The zero-order valence-corrected chi connectivity index (χ0v) is 58.5. The van der Waals surface area contributed by atoms with E-state index in [9.17, 15) is 9.59 Å². The molecule has 0 aliphatic carbocycles. The number of nitrogens with zero attached hydrogens (tertiary/aromatic N) is 4. The van der Waals surface area contributed by atoms with E-state index in [2.05, 4.69) is 99.8 Å². The zero-order valence-electron chi connectivity index (χ0n) is 51.8. The van der Waals surface area contributed by atoms with Crippen molar-refractivity contribution in [1.29, 1.82) is 0 Å². The minimum absolute atomic E-state index is 0.0306. The molecule has 0 radical (unpaired) electrons. The van der Waals surface area contributed by atoms with Gasteiger partial charge in [0, 0.05) is 74.5 Å². The maximum Gasteiger partial charge on any atom is 0.242 e. The SMILES string of the molecule is CCC[CH2][Sn]([CH2]CCC)([CH2]CCC)[c]1coc2cc(Cl)c(Cl)cc12.CCCc1cc(N[C@@H](CC(C)C)C(=O)NCCCOCC)nc(-c2coc3cc(Cl)c(Cl)cc23)n1.CCCc1cc(N[C@@H](CC(C)C)C(=O)NCCCOCC)nc(Cl)n1. The quantitative estimate of drug-likeness (QED) is 0.0168. The van der Waals surface area contributed by atoms with Gasteiger partial charge in [0.1, 0.15) is 35.6 Å². The van der Waals surface area contributed by atoms with Crippen LogP contribution < -0.4 is 24.8 Å². The molecule has 6 rings (SSSR count). The first-order chi connectivity index (χ1) is 40.3. The number of hydrogen-bond donors (Lipinski definition) is 4. The second-order valence-corrected chi connectivity index (χ2v) is 37.4. The van der Waals surface area contributed by atoms with Crippen molar-refractivity contribution in [1.82, 2.24) is 30.6 Å². The number of aryl methyl sites for hydroxylation is 2. The third-order valence-corrected chi connectivity index (χ3v) is 31.4. The molecule has 4 heterocycles. The number of furan rings is 2. The van der Waals surface area contributed by atoms with Gasteiger partial charge in [0.15, 0.2) is 5.82 Å². The zero-order chi connectivity index (χ0) is 61.6. The number of anilines is 2. The Hall–Kier alpha value is -3.61. The molecule has 0 aliphatic rings. The maximum atomic E-state index is 13.0. The van der Waals surface area contributed by atoms with Crippen molar-refractivity contribution >= 4 is 125 Å². The van der Waals surface area contributed by atoms with Gasteiger partial charge in [-0.05, 0) is 81.9 Å². The number of rotatable bonds is 35. The number of carbonyl (C=O) groups excluding carboxylic acids is 2. The van der Waals surface area contributed by atoms with Gasteiger partial charge in [-0.2, -0.15) is 0 Å². The van der Waals surface area contributed by atoms with Crippen LogP contribution in [0.15, 0.2) is 57.8 Å². The van der Waals surface area contributed by atoms with Crippen LogP contribution in [0.25, 0.3) is 33.3 Å². The van der Waals surface area contributed by atoms with E-state index in [4.69, 9.17) is 86.3 Å². The van der Waals surface area contributed by atoms with Crippen molar-refractivity contribution in [3.05, 3.63) is 85.7 Å². The molecule has 84 heavy (non-hydrogen) atoms. The number of fused-ring (bicyclic) bond motifs is 2. The Morgan fingerprint density at radius 3 is 1.44 bits per heavy atom. The number of amides is 2. The Bertz CT molecular complexity index is 2880. The summed E-state index contributed by atoms with van der Waals surface area (Å²) in [5.74, 6) is 2.32. The molecule has 2 aromatic carbocycles. The molecular weight excluding hydrogens is 1270 g/mol. The van der Waals surface area contributed by atoms with E-state index in [-0.39, 0.29) is 23.1 Å². The third-order valence-electron chi connectivity index (χ3n) is 14.2. The van der Waals surface area contributed by atoms with Gasteiger partial charge in [-0.3, -0.25) is 9.59 Å². The average Bonchev–Trinajstić information content (AvgIpc) is 3.77. The van der Waals surface area contributed by atoms with E-state index in [0.29, 0.717) is 107 Å². The number of hydrogen-bond acceptors (Lipinski definition) is 12. The van der Waals surface area contributed by atoms with E-state index >= 15 is 0 Å². The van der Waals surface area contributed by atoms with Crippen molar-refractivity contribution in [2.45, 2.75) is 191 Å². The smallest absolute Gasteiger partial charge is 0.242 e. The van der Waals surface area contributed by atoms with Gasteiger partial charge < -0.3 is 35.2 Å². The molecule has 2 atom stereocenters. The molecule has 4 aromatic heterocycles. The van der Waals surface area contributed by atoms with Gasteiger partial charge in [-0.25, -0.2) is 19.9 Å². The molecule has 0 spiro atoms. The summed E-state index contributed by atoms with van der Waals surface area (Å²) in [6.07, 6.45) is 18.0. The number of aromatic nitrogens is 4. The van der Waals surface area contributed by atoms with Crippen LogP contribution >= 0.6 is 58.0 Å². The summed E-state index contributed by atoms with van der Waals surface area (Å²) in [5, 5.41) is 16.9. The van der Waals surface area contributed by atoms with E-state index in [1.807, 2.05) is 38.1 Å². The summed E-state index contributed by atoms with van der Waals surface area (Å²) in [7, 11) is 0. The Labute approximate surface area is 530 Å². The molecule has 4 N–H and O–H groups in total. The molecule has 0 unspecified atom stereocenters. The van der Waals surface area contributed by atoms with Gasteiger partial charge >= 0.3 is 162 Å². The summed E-state index contributed by atoms with van der Waals surface area (Å²) in [6, 6.07) is 10.4. The molecule has 2 amide bonds. The minimum atomic E-state index is -2.49. The molecular formula is C64H95Cl5N8O6Sn. The van der Waals surface area contributed by atoms with Crippen molar-refractivity contribution < 1.29 is 27.9 Å². The normalized spacial score (nSPS) is 12.3. The second-order valence-electron chi connectivity index (χ2n) is 22.3. The topological polar surface area (TPSA) is 179 Å². The van der Waals surface area contributed by atoms with Crippen LogP contribution in [-0.2, 0) is 31.9 Å². The third kappa shape index (κ3) is 24.2. The number of benzene rings is 2. The van der Waals surface area contributed by atoms with Crippen LogP contribution in [-0.4, -0.2) is 102 Å². The standard InChI is InChI=1S/C26H34Cl2N4O3.C18H31ClN4O2.C8H3Cl2O.3C4H9.Sn/c1-5-8-17-12-24(31-22(11-16(3)4)26(33)29-9-7-10-34-6-2)32-25(30-17)19-15-35-23-14-21(28)20(27)13-18(19)23;1-5-8-14-12-16(23-18(19)21-14)22-15(11-13(3)4)17(24)20-9-7-10-25-6-2;9-6-3-5-1-2-11-8(5)4-7(6)10;3*1-3-4-2;/h12-16,22H,5-11H2,1-4H3,(H,29,33)(H,30,31,32);12-13,15H,5-11H2,1-4H3,(H,20,24)(H,21,22,23);2-4H;3*1,3-4H2,2H3;/t22-;15-;;;;;/m00...../s1. The predicted molar refractivity (Wildman–Crippen MR) is 355 cm³/mol. The summed E-state index contributed by atoms with van der Waals surface area (Å²) in [4.78, 5) is 43.4. The van der Waals surface area contributed by atoms with E-state index in [0.717, 1.165) is 66.4 Å². The molecule has 466 valence electrons. The van der Waals surface area contributed by atoms with Crippen molar-refractivity contribution in [3.8, 4) is 11.4 Å². The predicted octanol–water partition coefficient (Wildman–Crippen LogP) is 17.8. The average molecular weight is 1370 g/mol. The van der Waals surface area contributed by atoms with Gasteiger partial charge in [0.2, 0.25) is 17.1 Å². The molecule has 0 bridgehead atoms. The summed E-state index contributed by atoms with van der Waals surface area (Å²) >= 11 is 28.4. The van der Waals surface area contributed by atoms with Crippen molar-refractivity contribution in [3.63, 3.8) is 0 Å². The van der Waals surface area contributed by atoms with Gasteiger partial charge in [-0.1, -0.05) is 77.6 Å². The Morgan fingerprint density at radius 1 is 0.536 bits per heavy atom. The van der Waals surface area contributed by atoms with Crippen LogP contribution in [0.2, 0.25) is 38.7 Å². The molecule has 0 aliphatic heterocycles. The van der Waals surface area contributed by atoms with E-state index in [1.165, 1.54) is 57.2 Å². The van der Waals surface area contributed by atoms with Crippen LogP contribution in [0, 0.1) is 11.8 Å². The number of ether oxygens (including phenoxy) is 2. The molecule has 0 fully saturated rings. The number of halogens is 5. The van der Waals surface area contributed by atoms with E-state index < -0.39 is 24.4 Å². The van der Waals surface area contributed by atoms with Crippen LogP contribution in [0.1, 0.15) is 165 Å². The van der Waals surface area contributed by atoms with Gasteiger partial charge in [0.25, 0.3) is 0 Å². The maximum absolute atomic E-state index is 13.0. The van der Waals surface area contributed by atoms with Crippen molar-refractivity contribution in [2.75, 3.05) is 50.2 Å². The van der Waals surface area contributed by atoms with Crippen LogP contribution in [0.3, 0.4) is 0 Å². The first-order valence-electron chi connectivity index (χ1n) is 30.7. The van der Waals surface area contributed by atoms with Crippen molar-refractivity contribution in [2.24, 2.45) is 11.8 Å². The summed E-state index contributed by atoms with van der Waals surface area (Å²) < 4.78 is 28.1. The molecule has 20 heteroatoms. The second kappa shape index (κ2) is 39.3. The molecule has 14 nitrogen and oxygen atoms in total. The number of nitrogens with one attached hydrogen (secondary N) is 4. The summed E-state index contributed by atoms with van der Waals surface area (Å²) in [6.45, 7) is 27.2. The van der Waals surface area contributed by atoms with E-state index in [1.54, 1.807) is 22.0 Å². The Balaban J connectivity index is 0.000000278. The summed E-state index contributed by atoms with van der Waals surface area (Å²) in [5.41, 5.74) is 4.00. The first-order valence-corrected chi connectivity index (χ1v) is 40.1. The van der Waals surface area contributed by atoms with Gasteiger partial charge in [-0.15, -0.1) is 0 Å². The first kappa shape index (κ1) is 72.9. The molecule has 6 aromatic rings. The Kier molecular flexibility index (Phi) is 34.1. The van der Waals surface area contributed by atoms with Crippen LogP contribution in [0.5, 0.6) is 0 Å². The van der Waals surface area contributed by atoms with Gasteiger partial charge in [0.05, 0.1) is 15.6 Å².